The van der Waals surface area contributed by atoms with Crippen molar-refractivity contribution in [2.24, 2.45) is 0 Å². The number of aliphatic hydroxyl groups excluding tert-OH is 1. The Kier molecular flexibility index (Phi) is 4.87. The summed E-state index contributed by atoms with van der Waals surface area (Å²) in [5.74, 6) is 0. The second-order valence-electron chi connectivity index (χ2n) is 5.26. The summed E-state index contributed by atoms with van der Waals surface area (Å²) >= 11 is 12.3. The highest BCUT2D eigenvalue weighted by molar-refractivity contribution is 7.89. The molecule has 1 aromatic rings. The Morgan fingerprint density at radius 2 is 1.95 bits per heavy atom. The van der Waals surface area contributed by atoms with Gasteiger partial charge in [0.25, 0.3) is 0 Å². The zero-order valence-corrected chi connectivity index (χ0v) is 14.3. The molecule has 2 rings (SSSR count). The van der Waals surface area contributed by atoms with Gasteiger partial charge < -0.3 is 10.4 Å². The Morgan fingerprint density at radius 1 is 1.33 bits per heavy atom. The minimum atomic E-state index is -3.84. The molecule has 1 aliphatic rings. The highest BCUT2D eigenvalue weighted by Gasteiger charge is 2.37. The molecule has 0 saturated carbocycles. The first kappa shape index (κ1) is 17.0. The number of nitrogens with zero attached hydrogens (tertiary/aromatic N) is 1. The van der Waals surface area contributed by atoms with Crippen LogP contribution in [0, 0.1) is 13.8 Å². The lowest BCUT2D eigenvalue weighted by atomic mass is 10.2. The van der Waals surface area contributed by atoms with Crippen molar-refractivity contribution in [3.63, 3.8) is 0 Å². The van der Waals surface area contributed by atoms with Crippen LogP contribution in [-0.4, -0.2) is 50.1 Å². The maximum Gasteiger partial charge on any atom is 0.245 e. The zero-order chi connectivity index (χ0) is 15.9. The number of nitrogens with one attached hydrogen (secondary N) is 1. The number of aliphatic hydroxyl groups is 1. The van der Waals surface area contributed by atoms with E-state index >= 15 is 0 Å². The predicted molar refractivity (Wildman–Crippen MR) is 83.5 cm³/mol. The summed E-state index contributed by atoms with van der Waals surface area (Å²) < 4.78 is 26.9. The van der Waals surface area contributed by atoms with E-state index in [9.17, 15) is 13.5 Å². The van der Waals surface area contributed by atoms with Crippen molar-refractivity contribution < 1.29 is 13.5 Å². The third-order valence-electron chi connectivity index (χ3n) is 3.84. The molecule has 2 atom stereocenters. The van der Waals surface area contributed by atoms with Crippen molar-refractivity contribution in [2.45, 2.75) is 30.9 Å². The van der Waals surface area contributed by atoms with Crippen molar-refractivity contribution in [3.05, 3.63) is 27.2 Å². The number of rotatable bonds is 3. The van der Waals surface area contributed by atoms with E-state index in [-0.39, 0.29) is 9.92 Å². The smallest absolute Gasteiger partial charge is 0.245 e. The van der Waals surface area contributed by atoms with Gasteiger partial charge in [-0.2, -0.15) is 4.31 Å². The molecular formula is C13H18Cl2N2O3S. The lowest BCUT2D eigenvalue weighted by Gasteiger charge is -2.27. The van der Waals surface area contributed by atoms with Gasteiger partial charge in [0.05, 0.1) is 17.2 Å². The number of sulfonamides is 1. The highest BCUT2D eigenvalue weighted by atomic mass is 35.5. The molecule has 0 unspecified atom stereocenters. The van der Waals surface area contributed by atoms with Crippen LogP contribution in [0.4, 0.5) is 0 Å². The van der Waals surface area contributed by atoms with Crippen molar-refractivity contribution in [1.29, 1.82) is 0 Å². The lowest BCUT2D eigenvalue weighted by molar-refractivity contribution is 0.136. The molecule has 118 valence electrons. The van der Waals surface area contributed by atoms with Crippen LogP contribution in [0.1, 0.15) is 11.1 Å². The molecule has 2 N–H and O–H groups in total. The van der Waals surface area contributed by atoms with E-state index in [0.717, 1.165) is 0 Å². The normalized spacial score (nSPS) is 23.0. The molecular weight excluding hydrogens is 335 g/mol. The van der Waals surface area contributed by atoms with E-state index in [0.29, 0.717) is 29.2 Å². The Balaban J connectivity index is 2.54. The molecule has 0 amide bonds. The van der Waals surface area contributed by atoms with Gasteiger partial charge in [0.2, 0.25) is 10.0 Å². The van der Waals surface area contributed by atoms with E-state index < -0.39 is 22.2 Å². The molecule has 5 nitrogen and oxygen atoms in total. The summed E-state index contributed by atoms with van der Waals surface area (Å²) in [7, 11) is -2.40. The van der Waals surface area contributed by atoms with Gasteiger partial charge in [0.1, 0.15) is 4.90 Å². The molecule has 0 spiro atoms. The first-order valence-corrected chi connectivity index (χ1v) is 8.69. The Hall–Kier alpha value is -0.370. The molecule has 1 aliphatic heterocycles. The fourth-order valence-electron chi connectivity index (χ4n) is 2.46. The average molecular weight is 353 g/mol. The van der Waals surface area contributed by atoms with E-state index in [2.05, 4.69) is 5.32 Å². The highest BCUT2D eigenvalue weighted by Crippen LogP contribution is 2.35. The van der Waals surface area contributed by atoms with Gasteiger partial charge in [0, 0.05) is 25.2 Å². The van der Waals surface area contributed by atoms with E-state index in [1.165, 1.54) is 11.4 Å². The van der Waals surface area contributed by atoms with Crippen LogP contribution in [0.5, 0.6) is 0 Å². The number of hydrogen-bond acceptors (Lipinski definition) is 4. The van der Waals surface area contributed by atoms with Gasteiger partial charge >= 0.3 is 0 Å². The SMILES string of the molecule is Cc1cc(Cl)c(C)c(S(=O)(=O)N(C)[C@H]2CNC[C@@H]2O)c1Cl. The molecule has 0 bridgehead atoms. The summed E-state index contributed by atoms with van der Waals surface area (Å²) in [6.45, 7) is 4.09. The zero-order valence-electron chi connectivity index (χ0n) is 12.0. The van der Waals surface area contributed by atoms with Gasteiger partial charge in [-0.3, -0.25) is 0 Å². The first-order valence-electron chi connectivity index (χ1n) is 6.50. The summed E-state index contributed by atoms with van der Waals surface area (Å²) in [5, 5.41) is 13.4. The topological polar surface area (TPSA) is 69.6 Å². The minimum absolute atomic E-state index is 0.00997. The van der Waals surface area contributed by atoms with Gasteiger partial charge in [-0.1, -0.05) is 23.2 Å². The van der Waals surface area contributed by atoms with Crippen molar-refractivity contribution in [3.8, 4) is 0 Å². The van der Waals surface area contributed by atoms with Crippen LogP contribution < -0.4 is 5.32 Å². The quantitative estimate of drug-likeness (QED) is 0.866. The van der Waals surface area contributed by atoms with E-state index in [1.54, 1.807) is 19.9 Å². The van der Waals surface area contributed by atoms with Crippen molar-refractivity contribution in [1.82, 2.24) is 9.62 Å². The maximum absolute atomic E-state index is 12.9. The molecule has 0 aromatic heterocycles. The number of β-amino-alcohol motifs (C(OH)–C–C–N with tert-alkyl or cyclic N) is 1. The standard InChI is InChI=1S/C13H18Cl2N2O3S/c1-7-4-9(14)8(2)13(12(7)15)21(19,20)17(3)10-5-16-6-11(10)18/h4,10-11,16,18H,5-6H2,1-3H3/t10-,11-/m0/s1. The lowest BCUT2D eigenvalue weighted by Crippen LogP contribution is -2.44. The minimum Gasteiger partial charge on any atom is -0.390 e. The summed E-state index contributed by atoms with van der Waals surface area (Å²) in [6, 6.07) is 1.12. The maximum atomic E-state index is 12.9. The summed E-state index contributed by atoms with van der Waals surface area (Å²) in [6.07, 6.45) is -0.746. The molecule has 0 radical (unpaired) electrons. The van der Waals surface area contributed by atoms with E-state index in [1.807, 2.05) is 0 Å². The molecule has 1 saturated heterocycles. The third kappa shape index (κ3) is 2.93. The molecule has 1 fully saturated rings. The number of hydrogen-bond donors (Lipinski definition) is 2. The van der Waals surface area contributed by atoms with Crippen LogP contribution in [-0.2, 0) is 10.0 Å². The van der Waals surface area contributed by atoms with E-state index in [4.69, 9.17) is 23.2 Å². The van der Waals surface area contributed by atoms with Crippen LogP contribution >= 0.6 is 23.2 Å². The number of likely N-dealkylation sites (N-methyl/N-ethyl adjacent to an activating group) is 1. The van der Waals surface area contributed by atoms with Crippen LogP contribution in [0.15, 0.2) is 11.0 Å². The monoisotopic (exact) mass is 352 g/mol. The fraction of sp³-hybridized carbons (Fsp3) is 0.538. The van der Waals surface area contributed by atoms with Gasteiger partial charge in [-0.25, -0.2) is 8.42 Å². The van der Waals surface area contributed by atoms with Gasteiger partial charge in [-0.05, 0) is 31.0 Å². The fourth-order valence-corrected chi connectivity index (χ4v) is 5.01. The Morgan fingerprint density at radius 3 is 2.48 bits per heavy atom. The number of benzene rings is 1. The molecule has 1 aromatic carbocycles. The average Bonchev–Trinajstić information content (AvgIpc) is 2.81. The Labute approximate surface area is 134 Å². The van der Waals surface area contributed by atoms with Crippen LogP contribution in [0.25, 0.3) is 0 Å². The van der Waals surface area contributed by atoms with Crippen molar-refractivity contribution >= 4 is 33.2 Å². The summed E-state index contributed by atoms with van der Waals surface area (Å²) in [5.41, 5.74) is 1.02. The molecule has 0 aliphatic carbocycles. The predicted octanol–water partition coefficient (Wildman–Crippen LogP) is 1.56. The second kappa shape index (κ2) is 6.02. The molecule has 1 heterocycles. The number of aryl methyl sites for hydroxylation is 1. The molecule has 8 heteroatoms. The van der Waals surface area contributed by atoms with Crippen LogP contribution in [0.3, 0.4) is 0 Å². The first-order chi connectivity index (χ1) is 9.67. The van der Waals surface area contributed by atoms with Gasteiger partial charge in [-0.15, -0.1) is 0 Å². The second-order valence-corrected chi connectivity index (χ2v) is 7.98. The molecule has 21 heavy (non-hydrogen) atoms. The van der Waals surface area contributed by atoms with Gasteiger partial charge in [0.15, 0.2) is 0 Å². The summed E-state index contributed by atoms with van der Waals surface area (Å²) in [4.78, 5) is 0.00997. The largest absolute Gasteiger partial charge is 0.390 e. The van der Waals surface area contributed by atoms with Crippen molar-refractivity contribution in [2.75, 3.05) is 20.1 Å². The Bertz CT molecular complexity index is 638. The van der Waals surface area contributed by atoms with Crippen LogP contribution in [0.2, 0.25) is 10.0 Å². The third-order valence-corrected chi connectivity index (χ3v) is 6.89. The number of halogens is 2.